The Hall–Kier alpha value is -1.24. The van der Waals surface area contributed by atoms with Crippen LogP contribution in [0, 0.1) is 0 Å². The fraction of sp³-hybridized carbons (Fsp3) is 0.714. The topological polar surface area (TPSA) is 347 Å². The minimum atomic E-state index is -4.04. The summed E-state index contributed by atoms with van der Waals surface area (Å²) >= 11 is 0. The molecule has 0 unspecified atom stereocenters. The van der Waals surface area contributed by atoms with Crippen molar-refractivity contribution in [1.29, 1.82) is 0 Å². The van der Waals surface area contributed by atoms with Crippen molar-refractivity contribution in [3.8, 4) is 0 Å². The summed E-state index contributed by atoms with van der Waals surface area (Å²) in [5.74, 6) is 0. The molecule has 4 fully saturated rings. The zero-order valence-electron chi connectivity index (χ0n) is 22.6. The predicted octanol–water partition coefficient (Wildman–Crippen LogP) is -3.68. The smallest absolute Gasteiger partial charge is 0.239 e. The van der Waals surface area contributed by atoms with Crippen molar-refractivity contribution in [3.63, 3.8) is 0 Å². The third-order valence-electron chi connectivity index (χ3n) is 3.72. The van der Waals surface area contributed by atoms with Gasteiger partial charge in [-0.25, -0.2) is 33.5 Å². The van der Waals surface area contributed by atoms with Gasteiger partial charge in [0.1, 0.15) is 0 Å². The van der Waals surface area contributed by atoms with E-state index in [0.717, 1.165) is 6.08 Å². The first-order valence-corrected chi connectivity index (χ1v) is 23.5. The molecule has 4 heterocycles. The number of hydrogen-bond acceptors (Lipinski definition) is 24. The normalized spacial score (nSPS) is 28.5. The van der Waals surface area contributed by atoms with E-state index in [2.05, 4.69) is 46.6 Å². The second-order valence-corrected chi connectivity index (χ2v) is 22.3. The molecule has 0 saturated carbocycles. The lowest BCUT2D eigenvalue weighted by Gasteiger charge is -2.20. The molecule has 4 saturated heterocycles. The van der Waals surface area contributed by atoms with Gasteiger partial charge in [0.25, 0.3) is 80.9 Å². The maximum Gasteiger partial charge on any atom is 0.287 e. The molecule has 0 N–H and O–H groups in total. The van der Waals surface area contributed by atoms with Crippen LogP contribution in [0.2, 0.25) is 0 Å². The fourth-order valence-electron chi connectivity index (χ4n) is 2.48. The van der Waals surface area contributed by atoms with Gasteiger partial charge in [-0.2, -0.15) is 67.3 Å². The van der Waals surface area contributed by atoms with E-state index in [1.807, 2.05) is 0 Å². The summed E-state index contributed by atoms with van der Waals surface area (Å²) in [5.41, 5.74) is 0. The third-order valence-corrected chi connectivity index (χ3v) is 17.0. The summed E-state index contributed by atoms with van der Waals surface area (Å²) in [7, 11) is -31.8. The summed E-state index contributed by atoms with van der Waals surface area (Å²) in [6, 6.07) is 0. The van der Waals surface area contributed by atoms with E-state index >= 15 is 0 Å². The lowest BCUT2D eigenvalue weighted by atomic mass is 10.4. The highest BCUT2D eigenvalue weighted by molar-refractivity contribution is 8.05. The molecule has 0 bridgehead atoms. The van der Waals surface area contributed by atoms with Gasteiger partial charge in [-0.1, -0.05) is 12.7 Å². The first-order valence-electron chi connectivity index (χ1n) is 10.8. The molecule has 0 aliphatic carbocycles. The highest BCUT2D eigenvalue weighted by Crippen LogP contribution is 2.19. The first-order chi connectivity index (χ1) is 20.4. The maximum absolute atomic E-state index is 10.8. The molecule has 272 valence electrons. The van der Waals surface area contributed by atoms with E-state index in [1.54, 1.807) is 0 Å². The van der Waals surface area contributed by atoms with Crippen molar-refractivity contribution in [3.05, 3.63) is 25.3 Å². The Morgan fingerprint density at radius 3 is 1.07 bits per heavy atom. The minimum Gasteiger partial charge on any atom is -0.239 e. The predicted molar refractivity (Wildman–Crippen MR) is 146 cm³/mol. The molecule has 32 heteroatoms. The van der Waals surface area contributed by atoms with Gasteiger partial charge in [-0.3, -0.25) is 0 Å². The van der Waals surface area contributed by atoms with E-state index < -0.39 is 127 Å². The standard InChI is InChI=1S/C5H8O6S2.C4H6O6S2.C3H6O6S2.C2H4O6S2/c1-2-3-5-10-12(6,7)4-13(8,9)11-5;1-2-4-9-11(5,6)3-12(7,8)10-4;1-3-8-10(4,5)2-11(6,7)9-3;3-9(4)2-10(5,6)8-1-7-9/h2,5H,1,3-4H2;2,4H,1,3H2;3H,2H2,1H3;1-2H2. The van der Waals surface area contributed by atoms with Crippen molar-refractivity contribution in [2.24, 2.45) is 0 Å². The lowest BCUT2D eigenvalue weighted by molar-refractivity contribution is 0.0144. The molecule has 0 aromatic heterocycles. The second-order valence-electron chi connectivity index (χ2n) is 7.99. The van der Waals surface area contributed by atoms with Crippen molar-refractivity contribution in [2.75, 3.05) is 27.1 Å². The number of rotatable bonds is 3. The Balaban J connectivity index is 0.000000308. The van der Waals surface area contributed by atoms with Gasteiger partial charge < -0.3 is 0 Å². The average Bonchev–Trinajstić information content (AvgIpc) is 2.72. The van der Waals surface area contributed by atoms with Crippen molar-refractivity contribution < 1.29 is 101 Å². The Morgan fingerprint density at radius 2 is 0.804 bits per heavy atom. The summed E-state index contributed by atoms with van der Waals surface area (Å²) in [6.45, 7) is 6.88. The van der Waals surface area contributed by atoms with Crippen LogP contribution in [0.1, 0.15) is 13.3 Å². The monoisotopic (exact) mass is 832 g/mol. The van der Waals surface area contributed by atoms with Gasteiger partial charge in [0.2, 0.25) is 26.6 Å². The quantitative estimate of drug-likeness (QED) is 0.195. The minimum absolute atomic E-state index is 0.00153. The summed E-state index contributed by atoms with van der Waals surface area (Å²) in [6.07, 6.45) is -1.75. The molecule has 4 rings (SSSR count). The van der Waals surface area contributed by atoms with E-state index in [-0.39, 0.29) is 6.42 Å². The summed E-state index contributed by atoms with van der Waals surface area (Å²) in [5, 5.41) is -4.48. The molecular formula is C14H24O24S8. The Bertz CT molecular complexity index is 1870. The zero-order chi connectivity index (χ0) is 36.0. The molecule has 24 nitrogen and oxygen atoms in total. The zero-order valence-corrected chi connectivity index (χ0v) is 29.1. The van der Waals surface area contributed by atoms with Crippen LogP contribution in [0.3, 0.4) is 0 Å². The Kier molecular flexibility index (Phi) is 14.5. The van der Waals surface area contributed by atoms with Crippen molar-refractivity contribution in [1.82, 2.24) is 0 Å². The van der Waals surface area contributed by atoms with Crippen LogP contribution >= 0.6 is 0 Å². The lowest BCUT2D eigenvalue weighted by Crippen LogP contribution is -2.35. The molecule has 0 spiro atoms. The maximum atomic E-state index is 10.8. The first kappa shape index (κ1) is 42.8. The van der Waals surface area contributed by atoms with Crippen LogP contribution in [0.4, 0.5) is 0 Å². The van der Waals surface area contributed by atoms with Crippen molar-refractivity contribution in [2.45, 2.75) is 32.2 Å². The third kappa shape index (κ3) is 17.2. The van der Waals surface area contributed by atoms with Gasteiger partial charge in [0.05, 0.1) is 0 Å². The molecular weight excluding hydrogens is 809 g/mol. The van der Waals surface area contributed by atoms with Gasteiger partial charge >= 0.3 is 0 Å². The van der Waals surface area contributed by atoms with Crippen molar-refractivity contribution >= 4 is 80.9 Å². The van der Waals surface area contributed by atoms with E-state index in [9.17, 15) is 67.3 Å². The van der Waals surface area contributed by atoms with Gasteiger partial charge in [0, 0.05) is 6.42 Å². The van der Waals surface area contributed by atoms with Crippen LogP contribution in [0.5, 0.6) is 0 Å². The van der Waals surface area contributed by atoms with Crippen LogP contribution in [0.15, 0.2) is 25.3 Å². The van der Waals surface area contributed by atoms with Gasteiger partial charge in [-0.15, -0.1) is 6.58 Å². The van der Waals surface area contributed by atoms with Crippen LogP contribution in [-0.2, 0) is 114 Å². The van der Waals surface area contributed by atoms with E-state index in [0.29, 0.717) is 0 Å². The molecule has 46 heavy (non-hydrogen) atoms. The van der Waals surface area contributed by atoms with Gasteiger partial charge in [-0.05, 0) is 13.0 Å². The molecule has 0 radical (unpaired) electrons. The molecule has 0 aromatic rings. The fourth-order valence-corrected chi connectivity index (χ4v) is 13.2. The Labute approximate surface area is 265 Å². The van der Waals surface area contributed by atoms with E-state index in [1.165, 1.54) is 13.0 Å². The molecule has 4 aliphatic rings. The highest BCUT2D eigenvalue weighted by Gasteiger charge is 2.37. The largest absolute Gasteiger partial charge is 0.287 e. The summed E-state index contributed by atoms with van der Waals surface area (Å²) in [4.78, 5) is 0. The average molecular weight is 833 g/mol. The molecule has 0 amide bonds. The highest BCUT2D eigenvalue weighted by atomic mass is 32.3. The SMILES string of the molecule is C=CC1OS(=O)(=O)CS(=O)(=O)O1.C=CCC1OS(=O)(=O)CS(=O)(=O)O1.CC1OS(=O)(=O)CS(=O)(=O)O1.O=S1(=O)CS(=O)(=O)OCO1. The van der Waals surface area contributed by atoms with Crippen LogP contribution in [0.25, 0.3) is 0 Å². The summed E-state index contributed by atoms with van der Waals surface area (Å²) < 4.78 is 204. The second kappa shape index (κ2) is 15.5. The van der Waals surface area contributed by atoms with Crippen LogP contribution in [-0.4, -0.2) is 113 Å². The molecule has 4 aliphatic heterocycles. The number of hydrogen-bond donors (Lipinski definition) is 0. The van der Waals surface area contributed by atoms with E-state index in [4.69, 9.17) is 0 Å². The Morgan fingerprint density at radius 1 is 0.500 bits per heavy atom. The van der Waals surface area contributed by atoms with Gasteiger partial charge in [0.15, 0.2) is 19.4 Å². The van der Waals surface area contributed by atoms with Crippen LogP contribution < -0.4 is 0 Å². The molecule has 0 atom stereocenters. The molecule has 0 aromatic carbocycles.